The quantitative estimate of drug-likeness (QED) is 0.721. The van der Waals surface area contributed by atoms with Crippen LogP contribution in [0.2, 0.25) is 0 Å². The van der Waals surface area contributed by atoms with Crippen molar-refractivity contribution in [3.63, 3.8) is 0 Å². The van der Waals surface area contributed by atoms with E-state index < -0.39 is 0 Å². The Morgan fingerprint density at radius 3 is 3.00 bits per heavy atom. The van der Waals surface area contributed by atoms with Gasteiger partial charge in [-0.1, -0.05) is 6.07 Å². The molecule has 3 aromatic heterocycles. The van der Waals surface area contributed by atoms with Gasteiger partial charge in [0.05, 0.1) is 10.9 Å². The molecule has 2 N–H and O–H groups in total. The number of amides is 1. The third kappa shape index (κ3) is 3.90. The number of carbonyl (C=O) groups is 1. The molecule has 3 aromatic rings. The molecule has 0 aliphatic heterocycles. The summed E-state index contributed by atoms with van der Waals surface area (Å²) in [5.41, 5.74) is 0.984. The van der Waals surface area contributed by atoms with E-state index in [0.717, 1.165) is 27.9 Å². The summed E-state index contributed by atoms with van der Waals surface area (Å²) in [6, 6.07) is 7.77. The van der Waals surface area contributed by atoms with Crippen LogP contribution in [0.25, 0.3) is 10.6 Å². The number of carbonyl (C=O) groups excluding carboxylic acids is 1. The zero-order chi connectivity index (χ0) is 16.2. The van der Waals surface area contributed by atoms with Gasteiger partial charge in [0, 0.05) is 24.7 Å². The minimum absolute atomic E-state index is 0.0133. The van der Waals surface area contributed by atoms with Gasteiger partial charge in [-0.05, 0) is 37.4 Å². The van der Waals surface area contributed by atoms with Crippen molar-refractivity contribution in [3.05, 3.63) is 53.1 Å². The molecule has 120 valence electrons. The van der Waals surface area contributed by atoms with Crippen LogP contribution in [-0.2, 0) is 11.2 Å². The lowest BCUT2D eigenvalue weighted by molar-refractivity contribution is -0.121. The minimum atomic E-state index is -0.130. The maximum Gasteiger partial charge on any atom is 0.221 e. The van der Waals surface area contributed by atoms with Crippen molar-refractivity contribution in [3.8, 4) is 10.6 Å². The van der Waals surface area contributed by atoms with Crippen molar-refractivity contribution >= 4 is 17.2 Å². The van der Waals surface area contributed by atoms with Gasteiger partial charge in [0.15, 0.2) is 0 Å². The number of aromatic nitrogens is 2. The van der Waals surface area contributed by atoms with Crippen molar-refractivity contribution in [1.29, 1.82) is 0 Å². The number of rotatable bonds is 6. The van der Waals surface area contributed by atoms with Crippen LogP contribution in [0, 0.1) is 6.92 Å². The molecule has 0 saturated carbocycles. The molecule has 3 heterocycles. The summed E-state index contributed by atoms with van der Waals surface area (Å²) in [6.07, 6.45) is 2.73. The first kappa shape index (κ1) is 15.6. The number of H-pyrrole nitrogens is 1. The second kappa shape index (κ2) is 6.83. The average Bonchev–Trinajstić information content (AvgIpc) is 3.26. The molecule has 0 spiro atoms. The second-order valence-electron chi connectivity index (χ2n) is 5.48. The SMILES string of the molecule is Cc1cnc(C(C)NC(=O)CCc2ccc(-c3cccs3)o2)[nH]1. The zero-order valence-electron chi connectivity index (χ0n) is 13.1. The van der Waals surface area contributed by atoms with E-state index in [1.54, 1.807) is 17.5 Å². The molecule has 1 atom stereocenters. The van der Waals surface area contributed by atoms with Gasteiger partial charge in [-0.15, -0.1) is 11.3 Å². The van der Waals surface area contributed by atoms with E-state index in [9.17, 15) is 4.79 Å². The topological polar surface area (TPSA) is 70.9 Å². The Balaban J connectivity index is 1.51. The monoisotopic (exact) mass is 329 g/mol. The highest BCUT2D eigenvalue weighted by Gasteiger charge is 2.13. The predicted molar refractivity (Wildman–Crippen MR) is 90.2 cm³/mol. The van der Waals surface area contributed by atoms with Crippen LogP contribution in [0.5, 0.6) is 0 Å². The number of imidazole rings is 1. The van der Waals surface area contributed by atoms with Crippen LogP contribution in [0.3, 0.4) is 0 Å². The van der Waals surface area contributed by atoms with Crippen LogP contribution in [0.1, 0.15) is 36.7 Å². The van der Waals surface area contributed by atoms with Crippen molar-refractivity contribution < 1.29 is 9.21 Å². The fourth-order valence-electron chi connectivity index (χ4n) is 2.34. The van der Waals surface area contributed by atoms with E-state index in [1.165, 1.54) is 0 Å². The van der Waals surface area contributed by atoms with Crippen LogP contribution in [-0.4, -0.2) is 15.9 Å². The van der Waals surface area contributed by atoms with Crippen molar-refractivity contribution in [2.24, 2.45) is 0 Å². The summed E-state index contributed by atoms with van der Waals surface area (Å²) in [6.45, 7) is 3.85. The Morgan fingerprint density at radius 2 is 2.30 bits per heavy atom. The summed E-state index contributed by atoms with van der Waals surface area (Å²) in [7, 11) is 0. The molecule has 0 aliphatic rings. The summed E-state index contributed by atoms with van der Waals surface area (Å²) in [4.78, 5) is 20.5. The highest BCUT2D eigenvalue weighted by molar-refractivity contribution is 7.13. The van der Waals surface area contributed by atoms with Gasteiger partial charge in [-0.3, -0.25) is 4.79 Å². The first-order valence-electron chi connectivity index (χ1n) is 7.55. The normalized spacial score (nSPS) is 12.3. The van der Waals surface area contributed by atoms with Gasteiger partial charge in [0.25, 0.3) is 0 Å². The molecule has 6 heteroatoms. The average molecular weight is 329 g/mol. The maximum absolute atomic E-state index is 12.0. The number of aryl methyl sites for hydroxylation is 2. The van der Waals surface area contributed by atoms with E-state index >= 15 is 0 Å². The van der Waals surface area contributed by atoms with Gasteiger partial charge < -0.3 is 14.7 Å². The van der Waals surface area contributed by atoms with E-state index in [1.807, 2.05) is 43.5 Å². The molecular weight excluding hydrogens is 310 g/mol. The van der Waals surface area contributed by atoms with Crippen LogP contribution < -0.4 is 5.32 Å². The smallest absolute Gasteiger partial charge is 0.221 e. The van der Waals surface area contributed by atoms with E-state index in [4.69, 9.17) is 4.42 Å². The standard InChI is InChI=1S/C17H19N3O2S/c1-11-10-18-17(19-11)12(2)20-16(21)8-6-13-5-7-14(22-13)15-4-3-9-23-15/h3-5,7,9-10,12H,6,8H2,1-2H3,(H,18,19)(H,20,21). The minimum Gasteiger partial charge on any atom is -0.460 e. The molecule has 0 fully saturated rings. The Morgan fingerprint density at radius 1 is 1.43 bits per heavy atom. The third-order valence-corrected chi connectivity index (χ3v) is 4.42. The molecular formula is C17H19N3O2S. The molecule has 23 heavy (non-hydrogen) atoms. The third-order valence-electron chi connectivity index (χ3n) is 3.53. The van der Waals surface area contributed by atoms with E-state index in [2.05, 4.69) is 15.3 Å². The Kier molecular flexibility index (Phi) is 4.62. The number of thiophene rings is 1. The lowest BCUT2D eigenvalue weighted by Gasteiger charge is -2.11. The van der Waals surface area contributed by atoms with E-state index in [0.29, 0.717) is 12.8 Å². The van der Waals surface area contributed by atoms with Crippen LogP contribution in [0.15, 0.2) is 40.3 Å². The lowest BCUT2D eigenvalue weighted by atomic mass is 10.2. The van der Waals surface area contributed by atoms with Gasteiger partial charge in [0.1, 0.15) is 17.3 Å². The Bertz CT molecular complexity index is 773. The molecule has 0 bridgehead atoms. The molecule has 0 aromatic carbocycles. The second-order valence-corrected chi connectivity index (χ2v) is 6.43. The zero-order valence-corrected chi connectivity index (χ0v) is 13.9. The highest BCUT2D eigenvalue weighted by Crippen LogP contribution is 2.26. The van der Waals surface area contributed by atoms with Gasteiger partial charge >= 0.3 is 0 Å². The molecule has 5 nitrogen and oxygen atoms in total. The fraction of sp³-hybridized carbons (Fsp3) is 0.294. The largest absolute Gasteiger partial charge is 0.460 e. The van der Waals surface area contributed by atoms with Crippen molar-refractivity contribution in [2.45, 2.75) is 32.7 Å². The maximum atomic E-state index is 12.0. The van der Waals surface area contributed by atoms with Crippen molar-refractivity contribution in [1.82, 2.24) is 15.3 Å². The highest BCUT2D eigenvalue weighted by atomic mass is 32.1. The number of aromatic amines is 1. The first-order chi connectivity index (χ1) is 11.1. The van der Waals surface area contributed by atoms with Crippen LogP contribution >= 0.6 is 11.3 Å². The van der Waals surface area contributed by atoms with Gasteiger partial charge in [-0.2, -0.15) is 0 Å². The number of nitrogens with one attached hydrogen (secondary N) is 2. The summed E-state index contributed by atoms with van der Waals surface area (Å²) in [5, 5.41) is 4.96. The Labute approximate surface area is 138 Å². The number of furan rings is 1. The number of nitrogens with zero attached hydrogens (tertiary/aromatic N) is 1. The fourth-order valence-corrected chi connectivity index (χ4v) is 3.02. The molecule has 1 amide bonds. The molecule has 0 aliphatic carbocycles. The molecule has 1 unspecified atom stereocenters. The van der Waals surface area contributed by atoms with Gasteiger partial charge in [0.2, 0.25) is 5.91 Å². The molecule has 0 saturated heterocycles. The predicted octanol–water partition coefficient (Wildman–Crippen LogP) is 3.85. The molecule has 3 rings (SSSR count). The van der Waals surface area contributed by atoms with Gasteiger partial charge in [-0.25, -0.2) is 4.98 Å². The summed E-state index contributed by atoms with van der Waals surface area (Å²) >= 11 is 1.64. The van der Waals surface area contributed by atoms with Crippen molar-refractivity contribution in [2.75, 3.05) is 0 Å². The summed E-state index contributed by atoms with van der Waals surface area (Å²) < 4.78 is 5.78. The summed E-state index contributed by atoms with van der Waals surface area (Å²) in [5.74, 6) is 2.44. The number of hydrogen-bond acceptors (Lipinski definition) is 4. The number of hydrogen-bond donors (Lipinski definition) is 2. The molecule has 0 radical (unpaired) electrons. The lowest BCUT2D eigenvalue weighted by Crippen LogP contribution is -2.27. The van der Waals surface area contributed by atoms with E-state index in [-0.39, 0.29) is 11.9 Å². The first-order valence-corrected chi connectivity index (χ1v) is 8.43. The Hall–Kier alpha value is -2.34. The van der Waals surface area contributed by atoms with Crippen LogP contribution in [0.4, 0.5) is 0 Å².